The molecule has 2 heterocycles. The lowest BCUT2D eigenvalue weighted by atomic mass is 10.2. The molecule has 2 aliphatic rings. The zero-order valence-corrected chi connectivity index (χ0v) is 16.5. The van der Waals surface area contributed by atoms with E-state index in [1.165, 1.54) is 9.80 Å². The quantitative estimate of drug-likeness (QED) is 0.721. The van der Waals surface area contributed by atoms with Gasteiger partial charge in [-0.05, 0) is 30.5 Å². The van der Waals surface area contributed by atoms with E-state index in [9.17, 15) is 14.4 Å². The van der Waals surface area contributed by atoms with Crippen molar-refractivity contribution in [2.24, 2.45) is 0 Å². The molecule has 154 valence electrons. The number of ether oxygens (including phenoxy) is 1. The number of nitrogens with one attached hydrogen (secondary N) is 1. The summed E-state index contributed by atoms with van der Waals surface area (Å²) < 4.78 is 5.13. The van der Waals surface area contributed by atoms with Crippen LogP contribution in [0.3, 0.4) is 0 Å². The fraction of sp³-hybridized carbons (Fsp3) is 0.500. The first kappa shape index (κ1) is 20.5. The fourth-order valence-corrected chi connectivity index (χ4v) is 3.58. The van der Waals surface area contributed by atoms with Gasteiger partial charge in [-0.15, -0.1) is 0 Å². The summed E-state index contributed by atoms with van der Waals surface area (Å²) >= 11 is 0. The number of methoxy groups -OCH3 is 1. The standard InChI is InChI=1S/C20H25N5O4/c1-29-17-6-4-15(5-7-17)13-23-9-10-24(20(23)28)14-18(26)22-12-19(27)25-8-2-3-16(25)11-21/h4-7,16H,2-3,8-10,12-14H2,1H3,(H,22,26)/t16-/m0/s1. The summed E-state index contributed by atoms with van der Waals surface area (Å²) in [6.45, 7) is 1.75. The summed E-state index contributed by atoms with van der Waals surface area (Å²) in [6.07, 6.45) is 1.46. The van der Waals surface area contributed by atoms with Crippen LogP contribution in [0.5, 0.6) is 5.75 Å². The number of nitriles is 1. The highest BCUT2D eigenvalue weighted by Gasteiger charge is 2.31. The minimum Gasteiger partial charge on any atom is -0.497 e. The molecule has 0 spiro atoms. The van der Waals surface area contributed by atoms with E-state index in [4.69, 9.17) is 10.00 Å². The van der Waals surface area contributed by atoms with Gasteiger partial charge in [-0.2, -0.15) is 5.26 Å². The zero-order valence-electron chi connectivity index (χ0n) is 16.5. The van der Waals surface area contributed by atoms with E-state index in [1.807, 2.05) is 24.3 Å². The lowest BCUT2D eigenvalue weighted by molar-refractivity contribution is -0.132. The van der Waals surface area contributed by atoms with Crippen molar-refractivity contribution in [3.8, 4) is 11.8 Å². The highest BCUT2D eigenvalue weighted by Crippen LogP contribution is 2.17. The van der Waals surface area contributed by atoms with E-state index in [0.29, 0.717) is 32.6 Å². The Morgan fingerprint density at radius 3 is 2.62 bits per heavy atom. The molecule has 1 aromatic rings. The summed E-state index contributed by atoms with van der Waals surface area (Å²) in [5.41, 5.74) is 0.980. The molecule has 2 fully saturated rings. The molecule has 0 saturated carbocycles. The predicted octanol–water partition coefficient (Wildman–Crippen LogP) is 0.564. The number of carbonyl (C=O) groups excluding carboxylic acids is 3. The van der Waals surface area contributed by atoms with Gasteiger partial charge in [0.25, 0.3) is 0 Å². The van der Waals surface area contributed by atoms with Crippen LogP contribution >= 0.6 is 0 Å². The van der Waals surface area contributed by atoms with Crippen molar-refractivity contribution in [2.75, 3.05) is 39.8 Å². The Morgan fingerprint density at radius 1 is 1.21 bits per heavy atom. The number of nitrogens with zero attached hydrogens (tertiary/aromatic N) is 4. The number of carbonyl (C=O) groups is 3. The van der Waals surface area contributed by atoms with Crippen molar-refractivity contribution < 1.29 is 19.1 Å². The fourth-order valence-electron chi connectivity index (χ4n) is 3.58. The molecule has 1 aromatic carbocycles. The van der Waals surface area contributed by atoms with Gasteiger partial charge in [0.1, 0.15) is 18.3 Å². The second kappa shape index (κ2) is 9.28. The number of urea groups is 1. The maximum atomic E-state index is 12.5. The Kier molecular flexibility index (Phi) is 6.54. The van der Waals surface area contributed by atoms with Crippen LogP contribution in [0.2, 0.25) is 0 Å². The molecule has 3 rings (SSSR count). The highest BCUT2D eigenvalue weighted by atomic mass is 16.5. The summed E-state index contributed by atoms with van der Waals surface area (Å²) in [4.78, 5) is 41.5. The largest absolute Gasteiger partial charge is 0.497 e. The third kappa shape index (κ3) is 4.96. The van der Waals surface area contributed by atoms with E-state index in [0.717, 1.165) is 17.7 Å². The Morgan fingerprint density at radius 2 is 1.93 bits per heavy atom. The van der Waals surface area contributed by atoms with Crippen LogP contribution in [0.15, 0.2) is 24.3 Å². The number of hydrogen-bond donors (Lipinski definition) is 1. The van der Waals surface area contributed by atoms with Crippen LogP contribution in [0.25, 0.3) is 0 Å². The van der Waals surface area contributed by atoms with Gasteiger partial charge in [0.15, 0.2) is 0 Å². The third-order valence-corrected chi connectivity index (χ3v) is 5.21. The van der Waals surface area contributed by atoms with Crippen molar-refractivity contribution in [3.63, 3.8) is 0 Å². The lowest BCUT2D eigenvalue weighted by Crippen LogP contribution is -2.45. The molecule has 2 saturated heterocycles. The van der Waals surface area contributed by atoms with E-state index in [2.05, 4.69) is 11.4 Å². The smallest absolute Gasteiger partial charge is 0.320 e. The lowest BCUT2D eigenvalue weighted by Gasteiger charge is -2.21. The number of likely N-dealkylation sites (tertiary alicyclic amines) is 1. The van der Waals surface area contributed by atoms with E-state index in [1.54, 1.807) is 12.0 Å². The van der Waals surface area contributed by atoms with E-state index >= 15 is 0 Å². The minimum absolute atomic E-state index is 0.0904. The topological polar surface area (TPSA) is 106 Å². The van der Waals surface area contributed by atoms with Crippen LogP contribution in [0, 0.1) is 11.3 Å². The number of amides is 4. The number of rotatable bonds is 7. The predicted molar refractivity (Wildman–Crippen MR) is 104 cm³/mol. The van der Waals surface area contributed by atoms with Crippen LogP contribution in [0.1, 0.15) is 18.4 Å². The molecule has 1 N–H and O–H groups in total. The van der Waals surface area contributed by atoms with E-state index < -0.39 is 6.04 Å². The second-order valence-electron chi connectivity index (χ2n) is 7.12. The SMILES string of the molecule is COc1ccc(CN2CCN(CC(=O)NCC(=O)N3CCC[C@H]3C#N)C2=O)cc1. The average molecular weight is 399 g/mol. The van der Waals surface area contributed by atoms with E-state index in [-0.39, 0.29) is 30.9 Å². The van der Waals surface area contributed by atoms with Crippen LogP contribution < -0.4 is 10.1 Å². The molecule has 0 bridgehead atoms. The van der Waals surface area contributed by atoms with Gasteiger partial charge in [0.05, 0.1) is 19.7 Å². The molecule has 29 heavy (non-hydrogen) atoms. The Hall–Kier alpha value is -3.28. The maximum Gasteiger partial charge on any atom is 0.320 e. The Labute approximate surface area is 169 Å². The van der Waals surface area contributed by atoms with Crippen LogP contribution in [-0.2, 0) is 16.1 Å². The molecule has 9 heteroatoms. The van der Waals surface area contributed by atoms with Gasteiger partial charge in [0, 0.05) is 26.2 Å². The average Bonchev–Trinajstić information content (AvgIpc) is 3.35. The van der Waals surface area contributed by atoms with Gasteiger partial charge in [-0.25, -0.2) is 4.79 Å². The highest BCUT2D eigenvalue weighted by molar-refractivity contribution is 5.88. The molecule has 2 aliphatic heterocycles. The monoisotopic (exact) mass is 399 g/mol. The molecular formula is C20H25N5O4. The third-order valence-electron chi connectivity index (χ3n) is 5.21. The maximum absolute atomic E-state index is 12.5. The molecular weight excluding hydrogens is 374 g/mol. The summed E-state index contributed by atoms with van der Waals surface area (Å²) in [7, 11) is 1.60. The first-order chi connectivity index (χ1) is 14.0. The normalized spacial score (nSPS) is 18.7. The first-order valence-corrected chi connectivity index (χ1v) is 9.64. The van der Waals surface area contributed by atoms with Gasteiger partial charge >= 0.3 is 6.03 Å². The second-order valence-corrected chi connectivity index (χ2v) is 7.12. The summed E-state index contributed by atoms with van der Waals surface area (Å²) in [5, 5.41) is 11.6. The van der Waals surface area contributed by atoms with Gasteiger partial charge in [-0.3, -0.25) is 9.59 Å². The molecule has 1 atom stereocenters. The summed E-state index contributed by atoms with van der Waals surface area (Å²) in [6, 6.07) is 8.98. The first-order valence-electron chi connectivity index (χ1n) is 9.64. The van der Waals surface area contributed by atoms with Gasteiger partial charge in [0.2, 0.25) is 11.8 Å². The molecule has 9 nitrogen and oxygen atoms in total. The van der Waals surface area contributed by atoms with Crippen molar-refractivity contribution in [1.82, 2.24) is 20.0 Å². The minimum atomic E-state index is -0.411. The van der Waals surface area contributed by atoms with Gasteiger partial charge < -0.3 is 24.8 Å². The molecule has 0 radical (unpaired) electrons. The molecule has 0 aliphatic carbocycles. The van der Waals surface area contributed by atoms with Crippen LogP contribution in [-0.4, -0.2) is 78.4 Å². The van der Waals surface area contributed by atoms with Crippen molar-refractivity contribution in [3.05, 3.63) is 29.8 Å². The molecule has 4 amide bonds. The molecule has 0 unspecified atom stereocenters. The van der Waals surface area contributed by atoms with Crippen molar-refractivity contribution in [1.29, 1.82) is 5.26 Å². The van der Waals surface area contributed by atoms with Gasteiger partial charge in [-0.1, -0.05) is 12.1 Å². The van der Waals surface area contributed by atoms with Crippen LogP contribution in [0.4, 0.5) is 4.79 Å². The zero-order chi connectivity index (χ0) is 20.8. The van der Waals surface area contributed by atoms with Crippen molar-refractivity contribution >= 4 is 17.8 Å². The van der Waals surface area contributed by atoms with Crippen molar-refractivity contribution in [2.45, 2.75) is 25.4 Å². The number of hydrogen-bond acceptors (Lipinski definition) is 5. The number of benzene rings is 1. The summed E-state index contributed by atoms with van der Waals surface area (Å²) in [5.74, 6) is 0.103. The Balaban J connectivity index is 1.44. The molecule has 0 aromatic heterocycles. The Bertz CT molecular complexity index is 804.